The molecular weight excluding hydrogens is 317 g/mol. The largest absolute Gasteiger partial charge is 0.481 e. The molecule has 0 amide bonds. The van der Waals surface area contributed by atoms with Crippen LogP contribution in [0, 0.1) is 6.92 Å². The molecule has 0 aliphatic rings. The molecule has 0 aliphatic carbocycles. The summed E-state index contributed by atoms with van der Waals surface area (Å²) in [7, 11) is 0. The van der Waals surface area contributed by atoms with E-state index >= 15 is 0 Å². The number of alkyl halides is 3. The summed E-state index contributed by atoms with van der Waals surface area (Å²) in [5.74, 6) is -1.61. The van der Waals surface area contributed by atoms with Crippen LogP contribution < -0.4 is 4.74 Å². The second kappa shape index (κ2) is 5.60. The van der Waals surface area contributed by atoms with Gasteiger partial charge in [-0.3, -0.25) is 4.79 Å². The van der Waals surface area contributed by atoms with E-state index in [4.69, 9.17) is 9.84 Å². The number of aliphatic carboxylic acids is 1. The first kappa shape index (κ1) is 14.8. The molecule has 0 heterocycles. The smallest absolute Gasteiger partial charge is 0.426 e. The van der Waals surface area contributed by atoms with Gasteiger partial charge in [-0.15, -0.1) is 0 Å². The SMILES string of the molecule is Cc1ccc(OC(CC(=O)O)C(F)(F)F)c(Br)c1. The molecule has 1 atom stereocenters. The van der Waals surface area contributed by atoms with Crippen LogP contribution in [0.4, 0.5) is 13.2 Å². The molecule has 0 saturated carbocycles. The monoisotopic (exact) mass is 326 g/mol. The Morgan fingerprint density at radius 3 is 2.56 bits per heavy atom. The Hall–Kier alpha value is -1.24. The van der Waals surface area contributed by atoms with Gasteiger partial charge in [0.2, 0.25) is 6.10 Å². The summed E-state index contributed by atoms with van der Waals surface area (Å²) in [6.07, 6.45) is -8.24. The number of carboxylic acid groups (broad SMARTS) is 1. The summed E-state index contributed by atoms with van der Waals surface area (Å²) in [4.78, 5) is 10.4. The molecule has 1 aromatic carbocycles. The average molecular weight is 327 g/mol. The zero-order chi connectivity index (χ0) is 13.9. The fourth-order valence-corrected chi connectivity index (χ4v) is 1.82. The Kier molecular flexibility index (Phi) is 4.61. The molecule has 7 heteroatoms. The summed E-state index contributed by atoms with van der Waals surface area (Å²) in [5.41, 5.74) is 0.844. The Balaban J connectivity index is 2.92. The van der Waals surface area contributed by atoms with E-state index in [1.165, 1.54) is 6.07 Å². The maximum absolute atomic E-state index is 12.6. The molecule has 1 rings (SSSR count). The van der Waals surface area contributed by atoms with Crippen LogP contribution in [-0.4, -0.2) is 23.4 Å². The van der Waals surface area contributed by atoms with Crippen LogP contribution in [-0.2, 0) is 4.79 Å². The number of carboxylic acids is 1. The van der Waals surface area contributed by atoms with Crippen LogP contribution in [0.15, 0.2) is 22.7 Å². The zero-order valence-electron chi connectivity index (χ0n) is 9.29. The van der Waals surface area contributed by atoms with Crippen molar-refractivity contribution >= 4 is 21.9 Å². The Labute approximate surface area is 110 Å². The van der Waals surface area contributed by atoms with Crippen LogP contribution in [0.5, 0.6) is 5.75 Å². The van der Waals surface area contributed by atoms with E-state index in [1.54, 1.807) is 19.1 Å². The highest BCUT2D eigenvalue weighted by Crippen LogP contribution is 2.32. The third-order valence-electron chi connectivity index (χ3n) is 2.08. The molecule has 1 unspecified atom stereocenters. The first-order valence-electron chi connectivity index (χ1n) is 4.91. The van der Waals surface area contributed by atoms with E-state index < -0.39 is 24.7 Å². The Morgan fingerprint density at radius 1 is 1.50 bits per heavy atom. The fraction of sp³-hybridized carbons (Fsp3) is 0.364. The molecule has 0 spiro atoms. The third kappa shape index (κ3) is 4.21. The molecular formula is C11H10BrF3O3. The van der Waals surface area contributed by atoms with Gasteiger partial charge in [0.05, 0.1) is 10.9 Å². The van der Waals surface area contributed by atoms with E-state index in [-0.39, 0.29) is 5.75 Å². The van der Waals surface area contributed by atoms with Crippen molar-refractivity contribution in [3.63, 3.8) is 0 Å². The van der Waals surface area contributed by atoms with Crippen LogP contribution >= 0.6 is 15.9 Å². The van der Waals surface area contributed by atoms with Crippen molar-refractivity contribution in [2.24, 2.45) is 0 Å². The minimum Gasteiger partial charge on any atom is -0.481 e. The summed E-state index contributed by atoms with van der Waals surface area (Å²) < 4.78 is 42.8. The highest BCUT2D eigenvalue weighted by atomic mass is 79.9. The van der Waals surface area contributed by atoms with E-state index in [0.717, 1.165) is 5.56 Å². The maximum atomic E-state index is 12.6. The topological polar surface area (TPSA) is 46.5 Å². The second-order valence-corrected chi connectivity index (χ2v) is 4.53. The lowest BCUT2D eigenvalue weighted by molar-refractivity contribution is -0.200. The van der Waals surface area contributed by atoms with Gasteiger partial charge in [-0.05, 0) is 40.5 Å². The van der Waals surface area contributed by atoms with Gasteiger partial charge in [-0.25, -0.2) is 0 Å². The number of halogens is 4. The van der Waals surface area contributed by atoms with Crippen molar-refractivity contribution in [1.82, 2.24) is 0 Å². The molecule has 100 valence electrons. The number of carbonyl (C=O) groups is 1. The standard InChI is InChI=1S/C11H10BrF3O3/c1-6-2-3-8(7(12)4-6)18-9(5-10(16)17)11(13,14)15/h2-4,9H,5H2,1H3,(H,16,17). The van der Waals surface area contributed by atoms with Gasteiger partial charge in [0.15, 0.2) is 0 Å². The number of hydrogen-bond donors (Lipinski definition) is 1. The van der Waals surface area contributed by atoms with Crippen molar-refractivity contribution in [1.29, 1.82) is 0 Å². The van der Waals surface area contributed by atoms with E-state index in [2.05, 4.69) is 15.9 Å². The Morgan fingerprint density at radius 2 is 2.11 bits per heavy atom. The quantitative estimate of drug-likeness (QED) is 0.920. The number of ether oxygens (including phenoxy) is 1. The summed E-state index contributed by atoms with van der Waals surface area (Å²) in [6.45, 7) is 1.77. The van der Waals surface area contributed by atoms with Crippen LogP contribution in [0.3, 0.4) is 0 Å². The lowest BCUT2D eigenvalue weighted by Crippen LogP contribution is -2.36. The van der Waals surface area contributed by atoms with Gasteiger partial charge in [0.25, 0.3) is 0 Å². The van der Waals surface area contributed by atoms with Crippen molar-refractivity contribution in [2.75, 3.05) is 0 Å². The maximum Gasteiger partial charge on any atom is 0.426 e. The molecule has 0 aromatic heterocycles. The lowest BCUT2D eigenvalue weighted by Gasteiger charge is -2.21. The summed E-state index contributed by atoms with van der Waals surface area (Å²) in [5, 5.41) is 8.45. The van der Waals surface area contributed by atoms with E-state index in [1.807, 2.05) is 0 Å². The lowest BCUT2D eigenvalue weighted by atomic mass is 10.2. The number of hydrogen-bond acceptors (Lipinski definition) is 2. The molecule has 0 bridgehead atoms. The van der Waals surface area contributed by atoms with Gasteiger partial charge in [-0.1, -0.05) is 6.07 Å². The molecule has 3 nitrogen and oxygen atoms in total. The fourth-order valence-electron chi connectivity index (χ4n) is 1.24. The highest BCUT2D eigenvalue weighted by molar-refractivity contribution is 9.10. The van der Waals surface area contributed by atoms with Crippen LogP contribution in [0.25, 0.3) is 0 Å². The van der Waals surface area contributed by atoms with Gasteiger partial charge >= 0.3 is 12.1 Å². The van der Waals surface area contributed by atoms with Gasteiger partial charge in [0, 0.05) is 0 Å². The highest BCUT2D eigenvalue weighted by Gasteiger charge is 2.43. The Bertz CT molecular complexity index is 446. The number of benzene rings is 1. The zero-order valence-corrected chi connectivity index (χ0v) is 10.9. The minimum atomic E-state index is -4.73. The first-order valence-corrected chi connectivity index (χ1v) is 5.70. The average Bonchev–Trinajstić information content (AvgIpc) is 2.18. The van der Waals surface area contributed by atoms with Crippen molar-refractivity contribution in [2.45, 2.75) is 25.6 Å². The third-order valence-corrected chi connectivity index (χ3v) is 2.70. The molecule has 0 radical (unpaired) electrons. The van der Waals surface area contributed by atoms with Gasteiger partial charge in [0.1, 0.15) is 5.75 Å². The predicted molar refractivity (Wildman–Crippen MR) is 61.6 cm³/mol. The second-order valence-electron chi connectivity index (χ2n) is 3.68. The number of rotatable bonds is 4. The van der Waals surface area contributed by atoms with Crippen molar-refractivity contribution < 1.29 is 27.8 Å². The van der Waals surface area contributed by atoms with Crippen molar-refractivity contribution in [3.8, 4) is 5.75 Å². The number of aryl methyl sites for hydroxylation is 1. The van der Waals surface area contributed by atoms with Gasteiger partial charge < -0.3 is 9.84 Å². The summed E-state index contributed by atoms with van der Waals surface area (Å²) >= 11 is 3.07. The molecule has 0 fully saturated rings. The van der Waals surface area contributed by atoms with Crippen LogP contribution in [0.1, 0.15) is 12.0 Å². The molecule has 1 N–H and O–H groups in total. The summed E-state index contributed by atoms with van der Waals surface area (Å²) in [6, 6.07) is 4.53. The van der Waals surface area contributed by atoms with E-state index in [0.29, 0.717) is 4.47 Å². The van der Waals surface area contributed by atoms with Crippen molar-refractivity contribution in [3.05, 3.63) is 28.2 Å². The molecule has 0 saturated heterocycles. The molecule has 18 heavy (non-hydrogen) atoms. The van der Waals surface area contributed by atoms with Crippen LogP contribution in [0.2, 0.25) is 0 Å². The van der Waals surface area contributed by atoms with Gasteiger partial charge in [-0.2, -0.15) is 13.2 Å². The molecule has 0 aliphatic heterocycles. The van der Waals surface area contributed by atoms with E-state index in [9.17, 15) is 18.0 Å². The molecule has 1 aromatic rings. The normalized spacial score (nSPS) is 13.2. The predicted octanol–water partition coefficient (Wildman–Crippen LogP) is 3.54. The first-order chi connectivity index (χ1) is 8.20. The minimum absolute atomic E-state index is 0.0378.